The minimum atomic E-state index is -3.56. The van der Waals surface area contributed by atoms with Crippen molar-refractivity contribution in [3.8, 4) is 0 Å². The Labute approximate surface area is 200 Å². The van der Waals surface area contributed by atoms with Crippen LogP contribution >= 0.6 is 0 Å². The van der Waals surface area contributed by atoms with E-state index in [1.54, 1.807) is 0 Å². The molecule has 1 aliphatic heterocycles. The first-order valence-electron chi connectivity index (χ1n) is 12.5. The Balaban J connectivity index is 1.67. The Kier molecular flexibility index (Phi) is 7.05. The lowest BCUT2D eigenvalue weighted by molar-refractivity contribution is -0.832. The van der Waals surface area contributed by atoms with Gasteiger partial charge in [0.2, 0.25) is 0 Å². The molecule has 33 heavy (non-hydrogen) atoms. The van der Waals surface area contributed by atoms with Crippen LogP contribution in [0.1, 0.15) is 64.0 Å². The smallest absolute Gasteiger partial charge is 0.327 e. The second kappa shape index (κ2) is 9.52. The van der Waals surface area contributed by atoms with Crippen LogP contribution < -0.4 is 0 Å². The van der Waals surface area contributed by atoms with Crippen molar-refractivity contribution in [2.24, 2.45) is 17.8 Å². The second-order valence-corrected chi connectivity index (χ2v) is 13.6. The highest BCUT2D eigenvalue weighted by atomic mass is 32.2. The molecule has 0 radical (unpaired) electrons. The van der Waals surface area contributed by atoms with Crippen LogP contribution in [0.5, 0.6) is 0 Å². The number of hydrogen-bond acceptors (Lipinski definition) is 3. The SMILES string of the molecule is CC(C)(C)c1ccc(S(=O)(=O)[N+]2(Cc3ccccc3)CCC3CC(CCO)CCC3C2)cc1. The molecule has 1 saturated carbocycles. The van der Waals surface area contributed by atoms with Crippen molar-refractivity contribution in [3.05, 3.63) is 65.7 Å². The molecule has 2 aliphatic rings. The third kappa shape index (κ3) is 5.06. The van der Waals surface area contributed by atoms with Crippen molar-refractivity contribution in [3.63, 3.8) is 0 Å². The minimum Gasteiger partial charge on any atom is -0.396 e. The van der Waals surface area contributed by atoms with Gasteiger partial charge < -0.3 is 5.11 Å². The van der Waals surface area contributed by atoms with Crippen LogP contribution in [-0.2, 0) is 22.0 Å². The first-order chi connectivity index (χ1) is 15.6. The molecular weight excluding hydrogens is 430 g/mol. The molecule has 1 N–H and O–H groups in total. The van der Waals surface area contributed by atoms with E-state index < -0.39 is 10.0 Å². The molecule has 180 valence electrons. The number of nitrogens with zero attached hydrogens (tertiary/aromatic N) is 1. The molecule has 4 nitrogen and oxygen atoms in total. The van der Waals surface area contributed by atoms with Crippen molar-refractivity contribution >= 4 is 10.0 Å². The van der Waals surface area contributed by atoms with Gasteiger partial charge in [-0.15, -0.1) is 0 Å². The van der Waals surface area contributed by atoms with E-state index in [0.717, 1.165) is 43.2 Å². The molecule has 1 heterocycles. The van der Waals surface area contributed by atoms with Crippen molar-refractivity contribution in [1.82, 2.24) is 0 Å². The van der Waals surface area contributed by atoms with Crippen molar-refractivity contribution in [1.29, 1.82) is 0 Å². The van der Waals surface area contributed by atoms with E-state index in [1.165, 1.54) is 0 Å². The maximum Gasteiger partial charge on any atom is 0.327 e. The molecule has 2 fully saturated rings. The average molecular weight is 471 g/mol. The average Bonchev–Trinajstić information content (AvgIpc) is 2.79. The highest BCUT2D eigenvalue weighted by Gasteiger charge is 2.50. The van der Waals surface area contributed by atoms with Gasteiger partial charge in [-0.05, 0) is 60.6 Å². The van der Waals surface area contributed by atoms with E-state index in [2.05, 4.69) is 32.9 Å². The summed E-state index contributed by atoms with van der Waals surface area (Å²) in [6.45, 7) is 8.58. The quantitative estimate of drug-likeness (QED) is 0.567. The summed E-state index contributed by atoms with van der Waals surface area (Å²) in [4.78, 5) is 0.443. The van der Waals surface area contributed by atoms with Gasteiger partial charge in [-0.1, -0.05) is 63.2 Å². The molecule has 1 saturated heterocycles. The van der Waals surface area contributed by atoms with Gasteiger partial charge >= 0.3 is 10.0 Å². The molecule has 0 amide bonds. The summed E-state index contributed by atoms with van der Waals surface area (Å²) in [5, 5.41) is 9.38. The lowest BCUT2D eigenvalue weighted by Gasteiger charge is -2.48. The van der Waals surface area contributed by atoms with E-state index in [-0.39, 0.29) is 15.9 Å². The Morgan fingerprint density at radius 1 is 0.939 bits per heavy atom. The van der Waals surface area contributed by atoms with Crippen LogP contribution in [0.4, 0.5) is 0 Å². The molecule has 0 aromatic heterocycles. The van der Waals surface area contributed by atoms with Gasteiger partial charge in [0.15, 0.2) is 0 Å². The van der Waals surface area contributed by atoms with Crippen LogP contribution in [0, 0.1) is 17.8 Å². The Morgan fingerprint density at radius 3 is 2.27 bits per heavy atom. The summed E-state index contributed by atoms with van der Waals surface area (Å²) in [5.74, 6) is 1.60. The molecule has 0 spiro atoms. The van der Waals surface area contributed by atoms with Crippen molar-refractivity contribution in [2.75, 3.05) is 19.7 Å². The summed E-state index contributed by atoms with van der Waals surface area (Å²) in [7, 11) is -3.56. The Hall–Kier alpha value is -1.69. The van der Waals surface area contributed by atoms with Crippen LogP contribution in [0.15, 0.2) is 59.5 Å². The van der Waals surface area contributed by atoms with E-state index >= 15 is 0 Å². The highest BCUT2D eigenvalue weighted by molar-refractivity contribution is 7.86. The predicted molar refractivity (Wildman–Crippen MR) is 133 cm³/mol. The summed E-state index contributed by atoms with van der Waals surface area (Å²) < 4.78 is 28.6. The van der Waals surface area contributed by atoms with Gasteiger partial charge in [0, 0.05) is 24.5 Å². The fourth-order valence-corrected chi connectivity index (χ4v) is 8.08. The van der Waals surface area contributed by atoms with E-state index in [1.807, 2.05) is 42.5 Å². The number of quaternary nitrogens is 1. The zero-order valence-corrected chi connectivity index (χ0v) is 21.2. The number of rotatable bonds is 6. The highest BCUT2D eigenvalue weighted by Crippen LogP contribution is 2.45. The van der Waals surface area contributed by atoms with Crippen LogP contribution in [0.2, 0.25) is 0 Å². The van der Waals surface area contributed by atoms with Crippen LogP contribution in [0.25, 0.3) is 0 Å². The third-order valence-electron chi connectivity index (χ3n) is 8.10. The molecule has 4 rings (SSSR count). The Morgan fingerprint density at radius 2 is 1.64 bits per heavy atom. The molecular formula is C28H40NO3S+. The zero-order valence-electron chi connectivity index (χ0n) is 20.4. The summed E-state index contributed by atoms with van der Waals surface area (Å²) in [6, 6.07) is 17.7. The van der Waals surface area contributed by atoms with Crippen molar-refractivity contribution in [2.45, 2.75) is 69.7 Å². The number of benzene rings is 2. The van der Waals surface area contributed by atoms with Crippen molar-refractivity contribution < 1.29 is 17.4 Å². The van der Waals surface area contributed by atoms with Gasteiger partial charge in [-0.3, -0.25) is 0 Å². The molecule has 2 aromatic rings. The summed E-state index contributed by atoms with van der Waals surface area (Å²) in [5.41, 5.74) is 2.22. The van der Waals surface area contributed by atoms with E-state index in [9.17, 15) is 13.5 Å². The van der Waals surface area contributed by atoms with Crippen LogP contribution in [0.3, 0.4) is 0 Å². The summed E-state index contributed by atoms with van der Waals surface area (Å²) in [6.07, 6.45) is 5.14. The topological polar surface area (TPSA) is 54.4 Å². The lowest BCUT2D eigenvalue weighted by Crippen LogP contribution is -2.59. The summed E-state index contributed by atoms with van der Waals surface area (Å²) >= 11 is 0. The van der Waals surface area contributed by atoms with Gasteiger partial charge in [-0.2, -0.15) is 8.42 Å². The first-order valence-corrected chi connectivity index (χ1v) is 14.0. The number of aliphatic hydroxyl groups is 1. The number of sulfonamides is 1. The van der Waals surface area contributed by atoms with Gasteiger partial charge in [0.25, 0.3) is 0 Å². The fourth-order valence-electron chi connectivity index (χ4n) is 6.10. The standard InChI is InChI=1S/C28H40NO3S/c1-28(2,3)26-11-13-27(14-12-26)33(31,32)29(20-23-7-5-4-6-8-23)17-15-24-19-22(16-18-30)9-10-25(24)21-29/h4-8,11-14,22,24-25,30H,9-10,15-21H2,1-3H3/q+1. The molecule has 4 unspecified atom stereocenters. The van der Waals surface area contributed by atoms with Gasteiger partial charge in [0.1, 0.15) is 11.4 Å². The second-order valence-electron chi connectivity index (χ2n) is 11.4. The maximum atomic E-state index is 14.3. The largest absolute Gasteiger partial charge is 0.396 e. The maximum absolute atomic E-state index is 14.3. The first kappa shape index (κ1) is 24.4. The van der Waals surface area contributed by atoms with Crippen LogP contribution in [-0.4, -0.2) is 37.1 Å². The predicted octanol–water partition coefficient (Wildman–Crippen LogP) is 5.51. The molecule has 4 atom stereocenters. The third-order valence-corrected chi connectivity index (χ3v) is 10.5. The zero-order chi connectivity index (χ0) is 23.7. The number of aliphatic hydroxyl groups excluding tert-OH is 1. The molecule has 1 aliphatic carbocycles. The Bertz CT molecular complexity index is 1030. The molecule has 0 bridgehead atoms. The minimum absolute atomic E-state index is 0.00978. The van der Waals surface area contributed by atoms with E-state index in [0.29, 0.717) is 42.3 Å². The number of piperidine rings is 1. The molecule has 2 aromatic carbocycles. The van der Waals surface area contributed by atoms with E-state index in [4.69, 9.17) is 0 Å². The monoisotopic (exact) mass is 470 g/mol. The number of hydrogen-bond donors (Lipinski definition) is 1. The van der Waals surface area contributed by atoms with Gasteiger partial charge in [-0.25, -0.2) is 3.89 Å². The number of fused-ring (bicyclic) bond motifs is 1. The molecule has 5 heteroatoms. The normalized spacial score (nSPS) is 28.3. The fraction of sp³-hybridized carbons (Fsp3) is 0.571. The van der Waals surface area contributed by atoms with Gasteiger partial charge in [0.05, 0.1) is 13.1 Å². The lowest BCUT2D eigenvalue weighted by atomic mass is 9.70. The number of likely N-dealkylation sites (tertiary alicyclic amines) is 1.